The summed E-state index contributed by atoms with van der Waals surface area (Å²) >= 11 is 0. The van der Waals surface area contributed by atoms with Crippen LogP contribution in [0.1, 0.15) is 50.7 Å². The van der Waals surface area contributed by atoms with Gasteiger partial charge in [0, 0.05) is 0 Å². The molecule has 0 spiro atoms. The van der Waals surface area contributed by atoms with E-state index in [-0.39, 0.29) is 23.8 Å². The van der Waals surface area contributed by atoms with Crippen molar-refractivity contribution in [1.82, 2.24) is 0 Å². The van der Waals surface area contributed by atoms with Crippen molar-refractivity contribution in [2.45, 2.75) is 45.6 Å². The van der Waals surface area contributed by atoms with E-state index < -0.39 is 12.5 Å². The summed E-state index contributed by atoms with van der Waals surface area (Å²) in [6.45, 7) is 5.75. The molecular formula is C14H20F2O2. The molecule has 0 saturated carbocycles. The second kappa shape index (κ2) is 6.69. The smallest absolute Gasteiger partial charge is 0.267 e. The number of benzene rings is 1. The van der Waals surface area contributed by atoms with Crippen LogP contribution in [0, 0.1) is 0 Å². The van der Waals surface area contributed by atoms with Crippen molar-refractivity contribution >= 4 is 0 Å². The molecule has 0 heterocycles. The lowest BCUT2D eigenvalue weighted by molar-refractivity contribution is 0.0975. The summed E-state index contributed by atoms with van der Waals surface area (Å²) in [7, 11) is 0. The van der Waals surface area contributed by atoms with Crippen LogP contribution in [0.5, 0.6) is 5.75 Å². The predicted octanol–water partition coefficient (Wildman–Crippen LogP) is 3.90. The third-order valence-electron chi connectivity index (χ3n) is 2.84. The molecule has 0 saturated heterocycles. The van der Waals surface area contributed by atoms with Gasteiger partial charge in [-0.15, -0.1) is 0 Å². The molecule has 0 amide bonds. The Morgan fingerprint density at radius 1 is 1.28 bits per heavy atom. The maximum Gasteiger partial charge on any atom is 0.267 e. The average molecular weight is 258 g/mol. The molecule has 102 valence electrons. The summed E-state index contributed by atoms with van der Waals surface area (Å²) in [6.07, 6.45) is -2.66. The van der Waals surface area contributed by atoms with Gasteiger partial charge in [0.05, 0.1) is 11.7 Å². The monoisotopic (exact) mass is 258 g/mol. The van der Waals surface area contributed by atoms with Gasteiger partial charge in [-0.1, -0.05) is 26.8 Å². The molecule has 0 bridgehead atoms. The zero-order valence-electron chi connectivity index (χ0n) is 11.0. The standard InChI is InChI=1S/C14H20F2O2/c1-4-11(17)8-18-13-6-5-10(9(2)3)7-12(13)14(15)16/h5-7,9,11,14,17H,4,8H2,1-3H3. The summed E-state index contributed by atoms with van der Waals surface area (Å²) in [5.74, 6) is 0.347. The SMILES string of the molecule is CCC(O)COc1ccc(C(C)C)cc1C(F)F. The van der Waals surface area contributed by atoms with E-state index in [9.17, 15) is 13.9 Å². The molecule has 1 aromatic carbocycles. The van der Waals surface area contributed by atoms with Crippen LogP contribution in [0.4, 0.5) is 8.78 Å². The molecular weight excluding hydrogens is 238 g/mol. The summed E-state index contributed by atoms with van der Waals surface area (Å²) in [5, 5.41) is 9.38. The van der Waals surface area contributed by atoms with Gasteiger partial charge < -0.3 is 9.84 Å². The molecule has 0 aliphatic rings. The number of aliphatic hydroxyl groups is 1. The van der Waals surface area contributed by atoms with Gasteiger partial charge in [-0.2, -0.15) is 0 Å². The average Bonchev–Trinajstić information content (AvgIpc) is 2.35. The van der Waals surface area contributed by atoms with Gasteiger partial charge >= 0.3 is 0 Å². The molecule has 0 aliphatic heterocycles. The Labute approximate surface area is 107 Å². The van der Waals surface area contributed by atoms with Crippen molar-refractivity contribution in [3.05, 3.63) is 29.3 Å². The lowest BCUT2D eigenvalue weighted by Crippen LogP contribution is -2.16. The molecule has 1 rings (SSSR count). The molecule has 18 heavy (non-hydrogen) atoms. The second-order valence-corrected chi connectivity index (χ2v) is 4.63. The van der Waals surface area contributed by atoms with Crippen LogP contribution in [0.15, 0.2) is 18.2 Å². The van der Waals surface area contributed by atoms with E-state index >= 15 is 0 Å². The highest BCUT2D eigenvalue weighted by molar-refractivity contribution is 5.39. The number of rotatable bonds is 6. The summed E-state index contributed by atoms with van der Waals surface area (Å²) in [5.41, 5.74) is 0.748. The first-order valence-corrected chi connectivity index (χ1v) is 6.18. The van der Waals surface area contributed by atoms with Crippen molar-refractivity contribution < 1.29 is 18.6 Å². The van der Waals surface area contributed by atoms with E-state index in [2.05, 4.69) is 0 Å². The molecule has 1 aromatic rings. The first kappa shape index (κ1) is 14.9. The second-order valence-electron chi connectivity index (χ2n) is 4.63. The third-order valence-corrected chi connectivity index (χ3v) is 2.84. The van der Waals surface area contributed by atoms with Gasteiger partial charge in [0.15, 0.2) is 0 Å². The molecule has 1 N–H and O–H groups in total. The molecule has 1 atom stereocenters. The van der Waals surface area contributed by atoms with Crippen LogP contribution in [-0.4, -0.2) is 17.8 Å². The maximum absolute atomic E-state index is 12.9. The topological polar surface area (TPSA) is 29.5 Å². The van der Waals surface area contributed by atoms with E-state index in [0.717, 1.165) is 5.56 Å². The highest BCUT2D eigenvalue weighted by atomic mass is 19.3. The Hall–Kier alpha value is -1.16. The molecule has 4 heteroatoms. The fourth-order valence-electron chi connectivity index (χ4n) is 1.53. The number of aliphatic hydroxyl groups excluding tert-OH is 1. The normalized spacial score (nSPS) is 13.1. The quantitative estimate of drug-likeness (QED) is 0.838. The molecule has 1 unspecified atom stereocenters. The Morgan fingerprint density at radius 2 is 1.94 bits per heavy atom. The van der Waals surface area contributed by atoms with Crippen molar-refractivity contribution in [2.24, 2.45) is 0 Å². The Balaban J connectivity index is 2.90. The molecule has 0 radical (unpaired) electrons. The van der Waals surface area contributed by atoms with Crippen LogP contribution in [0.2, 0.25) is 0 Å². The van der Waals surface area contributed by atoms with Gasteiger partial charge in [-0.05, 0) is 30.0 Å². The highest BCUT2D eigenvalue weighted by Gasteiger charge is 2.16. The number of ether oxygens (including phenoxy) is 1. The van der Waals surface area contributed by atoms with Gasteiger partial charge in [0.25, 0.3) is 6.43 Å². The minimum Gasteiger partial charge on any atom is -0.490 e. The Bertz CT molecular complexity index is 378. The van der Waals surface area contributed by atoms with Crippen LogP contribution in [-0.2, 0) is 0 Å². The zero-order chi connectivity index (χ0) is 13.7. The fraction of sp³-hybridized carbons (Fsp3) is 0.571. The molecule has 0 aliphatic carbocycles. The number of halogens is 2. The highest BCUT2D eigenvalue weighted by Crippen LogP contribution is 2.32. The minimum atomic E-state index is -2.57. The van der Waals surface area contributed by atoms with Gasteiger partial charge in [0.2, 0.25) is 0 Å². The molecule has 0 fully saturated rings. The summed E-state index contributed by atoms with van der Waals surface area (Å²) < 4.78 is 31.1. The Morgan fingerprint density at radius 3 is 2.44 bits per heavy atom. The molecule has 2 nitrogen and oxygen atoms in total. The lowest BCUT2D eigenvalue weighted by Gasteiger charge is -2.15. The maximum atomic E-state index is 12.9. The van der Waals surface area contributed by atoms with Gasteiger partial charge in [0.1, 0.15) is 12.4 Å². The predicted molar refractivity (Wildman–Crippen MR) is 67.3 cm³/mol. The fourth-order valence-corrected chi connectivity index (χ4v) is 1.53. The minimum absolute atomic E-state index is 0.0389. The van der Waals surface area contributed by atoms with Crippen molar-refractivity contribution in [3.8, 4) is 5.75 Å². The number of hydrogen-bond acceptors (Lipinski definition) is 2. The van der Waals surface area contributed by atoms with E-state index in [1.807, 2.05) is 20.8 Å². The van der Waals surface area contributed by atoms with Crippen molar-refractivity contribution in [2.75, 3.05) is 6.61 Å². The van der Waals surface area contributed by atoms with Crippen molar-refractivity contribution in [1.29, 1.82) is 0 Å². The lowest BCUT2D eigenvalue weighted by atomic mass is 10.0. The third kappa shape index (κ3) is 3.95. The number of alkyl halides is 2. The van der Waals surface area contributed by atoms with Crippen LogP contribution in [0.25, 0.3) is 0 Å². The number of hydrogen-bond donors (Lipinski definition) is 1. The van der Waals surface area contributed by atoms with Crippen LogP contribution < -0.4 is 4.74 Å². The zero-order valence-corrected chi connectivity index (χ0v) is 11.0. The summed E-state index contributed by atoms with van der Waals surface area (Å²) in [4.78, 5) is 0. The van der Waals surface area contributed by atoms with Crippen molar-refractivity contribution in [3.63, 3.8) is 0 Å². The summed E-state index contributed by atoms with van der Waals surface area (Å²) in [6, 6.07) is 4.81. The van der Waals surface area contributed by atoms with Crippen LogP contribution in [0.3, 0.4) is 0 Å². The first-order chi connectivity index (χ1) is 8.45. The molecule has 0 aromatic heterocycles. The van der Waals surface area contributed by atoms with E-state index in [0.29, 0.717) is 6.42 Å². The Kier molecular flexibility index (Phi) is 5.54. The largest absolute Gasteiger partial charge is 0.490 e. The van der Waals surface area contributed by atoms with E-state index in [4.69, 9.17) is 4.74 Å². The van der Waals surface area contributed by atoms with Crippen LogP contribution >= 0.6 is 0 Å². The van der Waals surface area contributed by atoms with Gasteiger partial charge in [-0.3, -0.25) is 0 Å². The first-order valence-electron chi connectivity index (χ1n) is 6.18. The van der Waals surface area contributed by atoms with Gasteiger partial charge in [-0.25, -0.2) is 8.78 Å². The van der Waals surface area contributed by atoms with E-state index in [1.165, 1.54) is 6.07 Å². The van der Waals surface area contributed by atoms with E-state index in [1.54, 1.807) is 12.1 Å².